The van der Waals surface area contributed by atoms with Crippen molar-refractivity contribution in [1.82, 2.24) is 19.9 Å². The molecular formula is C21H29N5O2S. The molecule has 156 valence electrons. The van der Waals surface area contributed by atoms with Crippen molar-refractivity contribution < 1.29 is 8.42 Å². The van der Waals surface area contributed by atoms with Crippen LogP contribution in [0.4, 0.5) is 0 Å². The van der Waals surface area contributed by atoms with Gasteiger partial charge in [-0.25, -0.2) is 13.1 Å². The molecule has 2 aromatic rings. The fourth-order valence-corrected chi connectivity index (χ4v) is 4.57. The molecule has 1 aliphatic rings. The first-order valence-electron chi connectivity index (χ1n) is 9.97. The van der Waals surface area contributed by atoms with E-state index in [1.54, 1.807) is 19.3 Å². The van der Waals surface area contributed by atoms with Gasteiger partial charge in [-0.1, -0.05) is 30.3 Å². The Bertz CT molecular complexity index is 880. The van der Waals surface area contributed by atoms with E-state index in [1.807, 2.05) is 0 Å². The molecule has 1 saturated heterocycles. The highest BCUT2D eigenvalue weighted by Crippen LogP contribution is 2.21. The molecule has 0 amide bonds. The van der Waals surface area contributed by atoms with Crippen LogP contribution in [0.2, 0.25) is 0 Å². The molecule has 0 radical (unpaired) electrons. The molecule has 3 rings (SSSR count). The third-order valence-electron chi connectivity index (χ3n) is 5.14. The summed E-state index contributed by atoms with van der Waals surface area (Å²) >= 11 is 0. The van der Waals surface area contributed by atoms with Crippen LogP contribution in [0.25, 0.3) is 0 Å². The molecule has 0 atom stereocenters. The molecule has 29 heavy (non-hydrogen) atoms. The number of piperidine rings is 1. The van der Waals surface area contributed by atoms with Crippen LogP contribution in [0.1, 0.15) is 18.4 Å². The van der Waals surface area contributed by atoms with E-state index in [4.69, 9.17) is 0 Å². The second-order valence-corrected chi connectivity index (χ2v) is 8.95. The smallest absolute Gasteiger partial charge is 0.242 e. The standard InChI is InChI=1S/C21H29N5O2S/c1-22-21(24-12-13-25-29(27,28)20-8-5-11-23-17-20)26-14-9-19(10-15-26)16-18-6-3-2-4-7-18/h2-8,11,17,19,25H,9-10,12-16H2,1H3,(H,22,24). The van der Waals surface area contributed by atoms with Gasteiger partial charge in [0.05, 0.1) is 0 Å². The summed E-state index contributed by atoms with van der Waals surface area (Å²) in [6, 6.07) is 13.8. The molecule has 2 N–H and O–H groups in total. The Kier molecular flexibility index (Phi) is 7.60. The van der Waals surface area contributed by atoms with Crippen molar-refractivity contribution in [3.05, 3.63) is 60.4 Å². The number of nitrogens with zero attached hydrogens (tertiary/aromatic N) is 3. The lowest BCUT2D eigenvalue weighted by atomic mass is 9.90. The SMILES string of the molecule is CN=C(NCCNS(=O)(=O)c1cccnc1)N1CCC(Cc2ccccc2)CC1. The number of aliphatic imine (C=N–C) groups is 1. The van der Waals surface area contributed by atoms with Crippen LogP contribution in [0.15, 0.2) is 64.7 Å². The summed E-state index contributed by atoms with van der Waals surface area (Å²) in [5.74, 6) is 1.52. The zero-order chi connectivity index (χ0) is 20.5. The number of likely N-dealkylation sites (tertiary alicyclic amines) is 1. The lowest BCUT2D eigenvalue weighted by Crippen LogP contribution is -2.47. The van der Waals surface area contributed by atoms with Gasteiger partial charge in [-0.3, -0.25) is 9.98 Å². The van der Waals surface area contributed by atoms with Gasteiger partial charge in [0.1, 0.15) is 4.90 Å². The topological polar surface area (TPSA) is 86.7 Å². The number of hydrogen-bond donors (Lipinski definition) is 2. The Morgan fingerprint density at radius 1 is 1.14 bits per heavy atom. The Morgan fingerprint density at radius 3 is 2.55 bits per heavy atom. The number of aromatic nitrogens is 1. The summed E-state index contributed by atoms with van der Waals surface area (Å²) in [5.41, 5.74) is 1.40. The Hall–Kier alpha value is -2.45. The van der Waals surface area contributed by atoms with Crippen molar-refractivity contribution in [3.8, 4) is 0 Å². The largest absolute Gasteiger partial charge is 0.355 e. The fourth-order valence-electron chi connectivity index (χ4n) is 3.58. The molecule has 1 aromatic carbocycles. The van der Waals surface area contributed by atoms with E-state index >= 15 is 0 Å². The van der Waals surface area contributed by atoms with Crippen LogP contribution in [-0.2, 0) is 16.4 Å². The highest BCUT2D eigenvalue weighted by atomic mass is 32.2. The predicted molar refractivity (Wildman–Crippen MR) is 115 cm³/mol. The normalized spacial score (nSPS) is 16.0. The van der Waals surface area contributed by atoms with Crippen LogP contribution < -0.4 is 10.0 Å². The minimum Gasteiger partial charge on any atom is -0.355 e. The Labute approximate surface area is 173 Å². The maximum atomic E-state index is 12.2. The fraction of sp³-hybridized carbons (Fsp3) is 0.429. The average Bonchev–Trinajstić information content (AvgIpc) is 2.76. The van der Waals surface area contributed by atoms with Crippen molar-refractivity contribution >= 4 is 16.0 Å². The predicted octanol–water partition coefficient (Wildman–Crippen LogP) is 1.89. The van der Waals surface area contributed by atoms with E-state index < -0.39 is 10.0 Å². The monoisotopic (exact) mass is 415 g/mol. The zero-order valence-electron chi connectivity index (χ0n) is 16.8. The number of rotatable bonds is 7. The number of benzene rings is 1. The van der Waals surface area contributed by atoms with Gasteiger partial charge in [0.2, 0.25) is 10.0 Å². The van der Waals surface area contributed by atoms with Gasteiger partial charge in [-0.2, -0.15) is 0 Å². The number of hydrogen-bond acceptors (Lipinski definition) is 4. The molecule has 0 unspecified atom stereocenters. The minimum atomic E-state index is -3.53. The minimum absolute atomic E-state index is 0.171. The van der Waals surface area contributed by atoms with Crippen LogP contribution in [-0.4, -0.2) is 57.5 Å². The summed E-state index contributed by atoms with van der Waals surface area (Å²) in [5, 5.41) is 3.26. The van der Waals surface area contributed by atoms with Gasteiger partial charge in [0.15, 0.2) is 5.96 Å². The summed E-state index contributed by atoms with van der Waals surface area (Å²) in [6.45, 7) is 2.66. The molecular weight excluding hydrogens is 386 g/mol. The maximum Gasteiger partial charge on any atom is 0.242 e. The molecule has 7 nitrogen and oxygen atoms in total. The van der Waals surface area contributed by atoms with Gasteiger partial charge in [0.25, 0.3) is 0 Å². The van der Waals surface area contributed by atoms with Crippen molar-refractivity contribution in [2.45, 2.75) is 24.2 Å². The molecule has 0 spiro atoms. The molecule has 0 saturated carbocycles. The summed E-state index contributed by atoms with van der Waals surface area (Å²) in [6.07, 6.45) is 6.27. The summed E-state index contributed by atoms with van der Waals surface area (Å²) < 4.78 is 27.0. The van der Waals surface area contributed by atoms with Crippen LogP contribution in [0.5, 0.6) is 0 Å². The van der Waals surface area contributed by atoms with E-state index in [9.17, 15) is 8.42 Å². The van der Waals surface area contributed by atoms with Crippen LogP contribution in [0, 0.1) is 5.92 Å². The van der Waals surface area contributed by atoms with E-state index in [2.05, 4.69) is 55.2 Å². The van der Waals surface area contributed by atoms with Crippen molar-refractivity contribution in [2.24, 2.45) is 10.9 Å². The first kappa shape index (κ1) is 21.3. The van der Waals surface area contributed by atoms with Gasteiger partial charge < -0.3 is 10.2 Å². The van der Waals surface area contributed by atoms with Crippen LogP contribution in [0.3, 0.4) is 0 Å². The zero-order valence-corrected chi connectivity index (χ0v) is 17.6. The molecule has 1 aliphatic heterocycles. The molecule has 0 aliphatic carbocycles. The third-order valence-corrected chi connectivity index (χ3v) is 6.58. The van der Waals surface area contributed by atoms with Gasteiger partial charge in [0, 0.05) is 45.6 Å². The molecule has 0 bridgehead atoms. The van der Waals surface area contributed by atoms with Crippen molar-refractivity contribution in [3.63, 3.8) is 0 Å². The summed E-state index contributed by atoms with van der Waals surface area (Å²) in [4.78, 5) is 10.6. The Morgan fingerprint density at radius 2 is 1.90 bits per heavy atom. The molecule has 1 fully saturated rings. The Balaban J connectivity index is 1.41. The first-order valence-corrected chi connectivity index (χ1v) is 11.5. The van der Waals surface area contributed by atoms with E-state index in [1.165, 1.54) is 17.8 Å². The third kappa shape index (κ3) is 6.27. The summed E-state index contributed by atoms with van der Waals surface area (Å²) in [7, 11) is -1.77. The second kappa shape index (κ2) is 10.4. The maximum absolute atomic E-state index is 12.2. The lowest BCUT2D eigenvalue weighted by molar-refractivity contribution is 0.259. The van der Waals surface area contributed by atoms with Crippen molar-refractivity contribution in [2.75, 3.05) is 33.2 Å². The molecule has 8 heteroatoms. The average molecular weight is 416 g/mol. The van der Waals surface area contributed by atoms with E-state index in [0.29, 0.717) is 12.5 Å². The van der Waals surface area contributed by atoms with Crippen LogP contribution >= 0.6 is 0 Å². The van der Waals surface area contributed by atoms with E-state index in [0.717, 1.165) is 38.3 Å². The van der Waals surface area contributed by atoms with Gasteiger partial charge >= 0.3 is 0 Å². The van der Waals surface area contributed by atoms with Gasteiger partial charge in [-0.15, -0.1) is 0 Å². The highest BCUT2D eigenvalue weighted by molar-refractivity contribution is 7.89. The molecule has 1 aromatic heterocycles. The van der Waals surface area contributed by atoms with Gasteiger partial charge in [-0.05, 0) is 42.9 Å². The van der Waals surface area contributed by atoms with E-state index in [-0.39, 0.29) is 11.4 Å². The quantitative estimate of drug-likeness (QED) is 0.410. The second-order valence-electron chi connectivity index (χ2n) is 7.18. The number of nitrogens with one attached hydrogen (secondary N) is 2. The first-order chi connectivity index (χ1) is 14.1. The number of guanidine groups is 1. The molecule has 2 heterocycles. The number of pyridine rings is 1. The number of sulfonamides is 1. The van der Waals surface area contributed by atoms with Crippen molar-refractivity contribution in [1.29, 1.82) is 0 Å². The highest BCUT2D eigenvalue weighted by Gasteiger charge is 2.21. The lowest BCUT2D eigenvalue weighted by Gasteiger charge is -2.34.